The van der Waals surface area contributed by atoms with E-state index in [2.05, 4.69) is 0 Å². The van der Waals surface area contributed by atoms with Gasteiger partial charge in [-0.3, -0.25) is 4.79 Å². The normalized spacial score (nSPS) is 15.1. The summed E-state index contributed by atoms with van der Waals surface area (Å²) in [6.07, 6.45) is -8.00. The second-order valence-electron chi connectivity index (χ2n) is 3.55. The predicted molar refractivity (Wildman–Crippen MR) is 47.3 cm³/mol. The molecule has 0 aromatic rings. The van der Waals surface area contributed by atoms with E-state index in [4.69, 9.17) is 10.2 Å². The zero-order valence-electron chi connectivity index (χ0n) is 8.64. The third-order valence-electron chi connectivity index (χ3n) is 2.77. The summed E-state index contributed by atoms with van der Waals surface area (Å²) < 4.78 is 36.2. The molecule has 0 aliphatic heterocycles. The molecule has 0 aromatic carbocycles. The largest absolute Gasteiger partial charge is 0.481 e. The number of rotatable bonds is 5. The SMILES string of the molecule is CCC(CC)(CC(O)C(F)(F)F)C(=O)O. The van der Waals surface area contributed by atoms with Gasteiger partial charge in [0.2, 0.25) is 0 Å². The Morgan fingerprint density at radius 3 is 1.87 bits per heavy atom. The average Bonchev–Trinajstić information content (AvgIpc) is 2.11. The van der Waals surface area contributed by atoms with Crippen molar-refractivity contribution < 1.29 is 28.2 Å². The van der Waals surface area contributed by atoms with Gasteiger partial charge in [-0.15, -0.1) is 0 Å². The predicted octanol–water partition coefficient (Wildman–Crippen LogP) is 2.19. The van der Waals surface area contributed by atoms with Gasteiger partial charge in [0, 0.05) is 0 Å². The van der Waals surface area contributed by atoms with Crippen molar-refractivity contribution in [3.05, 3.63) is 0 Å². The summed E-state index contributed by atoms with van der Waals surface area (Å²) in [6.45, 7) is 3.00. The molecule has 0 aliphatic carbocycles. The molecule has 0 saturated heterocycles. The minimum atomic E-state index is -4.76. The molecule has 0 aliphatic rings. The Balaban J connectivity index is 4.77. The van der Waals surface area contributed by atoms with Gasteiger partial charge < -0.3 is 10.2 Å². The molecule has 90 valence electrons. The fourth-order valence-electron chi connectivity index (χ4n) is 1.41. The van der Waals surface area contributed by atoms with Crippen molar-refractivity contribution in [1.82, 2.24) is 0 Å². The van der Waals surface area contributed by atoms with E-state index in [1.165, 1.54) is 13.8 Å². The Morgan fingerprint density at radius 1 is 1.27 bits per heavy atom. The van der Waals surface area contributed by atoms with Crippen molar-refractivity contribution in [2.45, 2.75) is 45.4 Å². The molecule has 0 bridgehead atoms. The smallest absolute Gasteiger partial charge is 0.414 e. The van der Waals surface area contributed by atoms with Gasteiger partial charge in [-0.1, -0.05) is 13.8 Å². The topological polar surface area (TPSA) is 57.5 Å². The Bertz CT molecular complexity index is 221. The first-order valence-corrected chi connectivity index (χ1v) is 4.67. The number of alkyl halides is 3. The number of aliphatic carboxylic acids is 1. The molecule has 0 aromatic heterocycles. The Hall–Kier alpha value is -0.780. The minimum absolute atomic E-state index is 0.0615. The third kappa shape index (κ3) is 3.37. The van der Waals surface area contributed by atoms with Crippen molar-refractivity contribution in [3.63, 3.8) is 0 Å². The number of carboxylic acids is 1. The van der Waals surface area contributed by atoms with Crippen molar-refractivity contribution in [3.8, 4) is 0 Å². The first kappa shape index (κ1) is 14.2. The number of halogens is 3. The van der Waals surface area contributed by atoms with Crippen molar-refractivity contribution in [2.75, 3.05) is 0 Å². The minimum Gasteiger partial charge on any atom is -0.481 e. The maximum Gasteiger partial charge on any atom is 0.414 e. The van der Waals surface area contributed by atoms with Crippen molar-refractivity contribution >= 4 is 5.97 Å². The van der Waals surface area contributed by atoms with E-state index in [1.54, 1.807) is 0 Å². The van der Waals surface area contributed by atoms with Gasteiger partial charge in [-0.2, -0.15) is 13.2 Å². The molecule has 0 amide bonds. The van der Waals surface area contributed by atoms with Crippen molar-refractivity contribution in [2.24, 2.45) is 5.41 Å². The molecule has 0 spiro atoms. The molecule has 15 heavy (non-hydrogen) atoms. The molecular weight excluding hydrogens is 213 g/mol. The Labute approximate surface area is 85.9 Å². The van der Waals surface area contributed by atoms with E-state index in [-0.39, 0.29) is 12.8 Å². The highest BCUT2D eigenvalue weighted by molar-refractivity contribution is 5.74. The standard InChI is InChI=1S/C9H15F3O3/c1-3-8(4-2,7(14)15)5-6(13)9(10,11)12/h6,13H,3-5H2,1-2H3,(H,14,15). The van der Waals surface area contributed by atoms with E-state index in [0.717, 1.165) is 0 Å². The van der Waals surface area contributed by atoms with Crippen LogP contribution in [0.15, 0.2) is 0 Å². The summed E-state index contributed by atoms with van der Waals surface area (Å²) in [5.74, 6) is -1.30. The van der Waals surface area contributed by atoms with E-state index >= 15 is 0 Å². The number of aliphatic hydroxyl groups is 1. The molecular formula is C9H15F3O3. The fraction of sp³-hybridized carbons (Fsp3) is 0.889. The summed E-state index contributed by atoms with van der Waals surface area (Å²) in [5, 5.41) is 17.7. The van der Waals surface area contributed by atoms with Crippen molar-refractivity contribution in [1.29, 1.82) is 0 Å². The van der Waals surface area contributed by atoms with E-state index in [0.29, 0.717) is 0 Å². The van der Waals surface area contributed by atoms with Gasteiger partial charge in [0.05, 0.1) is 5.41 Å². The first-order valence-electron chi connectivity index (χ1n) is 4.67. The van der Waals surface area contributed by atoms with E-state index in [1.807, 2.05) is 0 Å². The molecule has 1 unspecified atom stereocenters. The molecule has 3 nitrogen and oxygen atoms in total. The Morgan fingerprint density at radius 2 is 1.67 bits per heavy atom. The van der Waals surface area contributed by atoms with Crippen LogP contribution in [0.2, 0.25) is 0 Å². The number of aliphatic hydroxyl groups excluding tert-OH is 1. The van der Waals surface area contributed by atoms with E-state index in [9.17, 15) is 18.0 Å². The van der Waals surface area contributed by atoms with Crippen LogP contribution in [-0.2, 0) is 4.79 Å². The summed E-state index contributed by atoms with van der Waals surface area (Å²) in [5.41, 5.74) is -1.49. The highest BCUT2D eigenvalue weighted by atomic mass is 19.4. The van der Waals surface area contributed by atoms with Crippen LogP contribution < -0.4 is 0 Å². The highest BCUT2D eigenvalue weighted by Gasteiger charge is 2.46. The maximum atomic E-state index is 12.1. The highest BCUT2D eigenvalue weighted by Crippen LogP contribution is 2.36. The van der Waals surface area contributed by atoms with E-state index < -0.39 is 30.1 Å². The fourth-order valence-corrected chi connectivity index (χ4v) is 1.41. The quantitative estimate of drug-likeness (QED) is 0.758. The third-order valence-corrected chi connectivity index (χ3v) is 2.77. The Kier molecular flexibility index (Phi) is 4.58. The lowest BCUT2D eigenvalue weighted by Gasteiger charge is -2.29. The number of hydrogen-bond donors (Lipinski definition) is 2. The maximum absolute atomic E-state index is 12.1. The summed E-state index contributed by atoms with van der Waals surface area (Å²) in [6, 6.07) is 0. The van der Waals surface area contributed by atoms with Crippen LogP contribution in [-0.4, -0.2) is 28.5 Å². The zero-order valence-corrected chi connectivity index (χ0v) is 8.64. The van der Waals surface area contributed by atoms with Crippen LogP contribution in [0.1, 0.15) is 33.1 Å². The molecule has 1 atom stereocenters. The van der Waals surface area contributed by atoms with Gasteiger partial charge in [-0.05, 0) is 19.3 Å². The monoisotopic (exact) mass is 228 g/mol. The second-order valence-corrected chi connectivity index (χ2v) is 3.55. The summed E-state index contributed by atoms with van der Waals surface area (Å²) >= 11 is 0. The lowest BCUT2D eigenvalue weighted by atomic mass is 9.77. The number of carboxylic acid groups (broad SMARTS) is 1. The number of hydrogen-bond acceptors (Lipinski definition) is 2. The molecule has 6 heteroatoms. The second kappa shape index (κ2) is 4.83. The van der Waals surface area contributed by atoms with Crippen LogP contribution in [0, 0.1) is 5.41 Å². The molecule has 0 saturated carbocycles. The lowest BCUT2D eigenvalue weighted by molar-refractivity contribution is -0.214. The molecule has 0 radical (unpaired) electrons. The number of carbonyl (C=O) groups is 1. The van der Waals surface area contributed by atoms with Gasteiger partial charge in [0.1, 0.15) is 0 Å². The van der Waals surface area contributed by atoms with Gasteiger partial charge in [0.25, 0.3) is 0 Å². The molecule has 0 heterocycles. The van der Waals surface area contributed by atoms with Crippen LogP contribution in [0.5, 0.6) is 0 Å². The average molecular weight is 228 g/mol. The van der Waals surface area contributed by atoms with Crippen LogP contribution in [0.4, 0.5) is 13.2 Å². The van der Waals surface area contributed by atoms with Gasteiger partial charge in [0.15, 0.2) is 6.10 Å². The van der Waals surface area contributed by atoms with Gasteiger partial charge in [-0.25, -0.2) is 0 Å². The first-order chi connectivity index (χ1) is 6.69. The summed E-state index contributed by atoms with van der Waals surface area (Å²) in [4.78, 5) is 10.9. The molecule has 0 rings (SSSR count). The molecule has 2 N–H and O–H groups in total. The van der Waals surface area contributed by atoms with Crippen LogP contribution in [0.3, 0.4) is 0 Å². The van der Waals surface area contributed by atoms with Crippen LogP contribution >= 0.6 is 0 Å². The molecule has 0 fully saturated rings. The van der Waals surface area contributed by atoms with Crippen LogP contribution in [0.25, 0.3) is 0 Å². The zero-order chi connectivity index (χ0) is 12.3. The van der Waals surface area contributed by atoms with Gasteiger partial charge >= 0.3 is 12.1 Å². The lowest BCUT2D eigenvalue weighted by Crippen LogP contribution is -2.39. The summed E-state index contributed by atoms with van der Waals surface area (Å²) in [7, 11) is 0.